The average molecular weight is 367 g/mol. The van der Waals surface area contributed by atoms with Crippen LogP contribution in [-0.2, 0) is 14.8 Å². The van der Waals surface area contributed by atoms with Gasteiger partial charge in [-0.2, -0.15) is 4.72 Å². The van der Waals surface area contributed by atoms with E-state index in [4.69, 9.17) is 23.2 Å². The molecule has 8 heteroatoms. The molecule has 0 heterocycles. The normalized spacial score (nSPS) is 13.2. The van der Waals surface area contributed by atoms with E-state index in [0.29, 0.717) is 6.42 Å². The summed E-state index contributed by atoms with van der Waals surface area (Å²) in [6.45, 7) is 3.83. The first-order valence-electron chi connectivity index (χ1n) is 6.73. The first-order valence-corrected chi connectivity index (χ1v) is 8.97. The van der Waals surface area contributed by atoms with E-state index in [0.717, 1.165) is 0 Å². The minimum atomic E-state index is -3.95. The maximum Gasteiger partial charge on any atom is 0.242 e. The van der Waals surface area contributed by atoms with Crippen molar-refractivity contribution in [2.75, 3.05) is 14.1 Å². The quantitative estimate of drug-likeness (QED) is 0.841. The lowest BCUT2D eigenvalue weighted by molar-refractivity contribution is -0.130. The molecule has 5 nitrogen and oxygen atoms in total. The van der Waals surface area contributed by atoms with Gasteiger partial charge in [0.25, 0.3) is 0 Å². The number of carbonyl (C=O) groups is 1. The molecule has 0 aromatic heterocycles. The fourth-order valence-electron chi connectivity index (χ4n) is 1.92. The molecule has 0 aliphatic rings. The smallest absolute Gasteiger partial charge is 0.242 e. The second-order valence-corrected chi connectivity index (χ2v) is 8.14. The molecular weight excluding hydrogens is 347 g/mol. The van der Waals surface area contributed by atoms with Crippen molar-refractivity contribution in [1.29, 1.82) is 0 Å². The fraction of sp³-hybridized carbons (Fsp3) is 0.500. The van der Waals surface area contributed by atoms with Crippen LogP contribution in [0.2, 0.25) is 10.0 Å². The van der Waals surface area contributed by atoms with E-state index in [1.807, 2.05) is 13.8 Å². The molecule has 0 spiro atoms. The Balaban J connectivity index is 3.15. The highest BCUT2D eigenvalue weighted by Gasteiger charge is 2.28. The van der Waals surface area contributed by atoms with E-state index in [2.05, 4.69) is 4.72 Å². The molecule has 0 saturated heterocycles. The number of hydrogen-bond acceptors (Lipinski definition) is 3. The Hall–Kier alpha value is -0.820. The van der Waals surface area contributed by atoms with Crippen LogP contribution in [0.1, 0.15) is 20.3 Å². The molecule has 0 aliphatic carbocycles. The van der Waals surface area contributed by atoms with Gasteiger partial charge in [0.15, 0.2) is 0 Å². The molecule has 0 aliphatic heterocycles. The van der Waals surface area contributed by atoms with Crippen LogP contribution in [0.4, 0.5) is 0 Å². The van der Waals surface area contributed by atoms with Crippen LogP contribution in [0.5, 0.6) is 0 Å². The summed E-state index contributed by atoms with van der Waals surface area (Å²) in [5.74, 6) is -0.165. The Labute approximate surface area is 141 Å². The zero-order valence-corrected chi connectivity index (χ0v) is 15.3. The summed E-state index contributed by atoms with van der Waals surface area (Å²) in [7, 11) is -0.791. The number of carbonyl (C=O) groups excluding carboxylic acids is 1. The summed E-state index contributed by atoms with van der Waals surface area (Å²) in [6.07, 6.45) is 0.383. The standard InChI is InChI=1S/C14H20Cl2N2O3S/c1-9(2)7-12(14(19)18(3)4)17-22(20,21)13-8-10(15)5-6-11(13)16/h5-6,8-9,12,17H,7H2,1-4H3. The summed E-state index contributed by atoms with van der Waals surface area (Å²) in [4.78, 5) is 13.4. The molecule has 1 atom stereocenters. The topological polar surface area (TPSA) is 66.5 Å². The van der Waals surface area contributed by atoms with Crippen LogP contribution in [0, 0.1) is 5.92 Å². The molecule has 0 bridgehead atoms. The van der Waals surface area contributed by atoms with Gasteiger partial charge in [0.05, 0.1) is 5.02 Å². The third-order valence-corrected chi connectivity index (χ3v) is 5.11. The van der Waals surface area contributed by atoms with Crippen LogP contribution >= 0.6 is 23.2 Å². The van der Waals surface area contributed by atoms with E-state index >= 15 is 0 Å². The lowest BCUT2D eigenvalue weighted by Crippen LogP contribution is -2.46. The van der Waals surface area contributed by atoms with Crippen molar-refractivity contribution in [3.05, 3.63) is 28.2 Å². The monoisotopic (exact) mass is 366 g/mol. The largest absolute Gasteiger partial charge is 0.347 e. The summed E-state index contributed by atoms with van der Waals surface area (Å²) in [6, 6.07) is 3.32. The third-order valence-electron chi connectivity index (χ3n) is 2.93. The lowest BCUT2D eigenvalue weighted by Gasteiger charge is -2.23. The van der Waals surface area contributed by atoms with Crippen molar-refractivity contribution >= 4 is 39.1 Å². The van der Waals surface area contributed by atoms with Gasteiger partial charge < -0.3 is 4.90 Å². The van der Waals surface area contributed by atoms with E-state index in [1.54, 1.807) is 14.1 Å². The van der Waals surface area contributed by atoms with Gasteiger partial charge in [0, 0.05) is 19.1 Å². The molecule has 22 heavy (non-hydrogen) atoms. The number of halogens is 2. The van der Waals surface area contributed by atoms with E-state index < -0.39 is 16.1 Å². The Morgan fingerprint density at radius 3 is 2.36 bits per heavy atom. The molecule has 1 amide bonds. The number of amides is 1. The van der Waals surface area contributed by atoms with Gasteiger partial charge in [0.1, 0.15) is 10.9 Å². The minimum absolute atomic E-state index is 0.0532. The zero-order chi connectivity index (χ0) is 17.1. The highest BCUT2D eigenvalue weighted by molar-refractivity contribution is 7.89. The van der Waals surface area contributed by atoms with Crippen LogP contribution in [0.3, 0.4) is 0 Å². The highest BCUT2D eigenvalue weighted by Crippen LogP contribution is 2.25. The second-order valence-electron chi connectivity index (χ2n) is 5.61. The number of nitrogens with one attached hydrogen (secondary N) is 1. The van der Waals surface area contributed by atoms with Crippen LogP contribution in [-0.4, -0.2) is 39.4 Å². The summed E-state index contributed by atoms with van der Waals surface area (Å²) in [5.41, 5.74) is 0. The number of benzene rings is 1. The average Bonchev–Trinajstić information content (AvgIpc) is 2.38. The number of hydrogen-bond donors (Lipinski definition) is 1. The van der Waals surface area contributed by atoms with Gasteiger partial charge in [-0.1, -0.05) is 37.0 Å². The van der Waals surface area contributed by atoms with Crippen molar-refractivity contribution in [1.82, 2.24) is 9.62 Å². The van der Waals surface area contributed by atoms with Crippen molar-refractivity contribution in [2.24, 2.45) is 5.92 Å². The van der Waals surface area contributed by atoms with Gasteiger partial charge in [-0.25, -0.2) is 8.42 Å². The van der Waals surface area contributed by atoms with Crippen molar-refractivity contribution in [2.45, 2.75) is 31.2 Å². The second kappa shape index (κ2) is 7.64. The molecular formula is C14H20Cl2N2O3S. The maximum atomic E-state index is 12.5. The molecule has 1 rings (SSSR count). The van der Waals surface area contributed by atoms with Crippen molar-refractivity contribution in [3.63, 3.8) is 0 Å². The molecule has 0 radical (unpaired) electrons. The summed E-state index contributed by atoms with van der Waals surface area (Å²) in [5, 5.41) is 0.307. The van der Waals surface area contributed by atoms with Gasteiger partial charge >= 0.3 is 0 Å². The molecule has 1 unspecified atom stereocenters. The SMILES string of the molecule is CC(C)CC(NS(=O)(=O)c1cc(Cl)ccc1Cl)C(=O)N(C)C. The molecule has 1 aromatic rings. The van der Waals surface area contributed by atoms with Gasteiger partial charge in [0.2, 0.25) is 15.9 Å². The number of rotatable bonds is 6. The lowest BCUT2D eigenvalue weighted by atomic mass is 10.0. The first-order chi connectivity index (χ1) is 10.0. The third kappa shape index (κ3) is 5.12. The number of sulfonamides is 1. The van der Waals surface area contributed by atoms with Gasteiger partial charge in [-0.3, -0.25) is 4.79 Å². The van der Waals surface area contributed by atoms with Crippen LogP contribution in [0.15, 0.2) is 23.1 Å². The molecule has 1 N–H and O–H groups in total. The maximum absolute atomic E-state index is 12.5. The Bertz CT molecular complexity index is 645. The Morgan fingerprint density at radius 2 is 1.86 bits per heavy atom. The summed E-state index contributed by atoms with van der Waals surface area (Å²) >= 11 is 11.8. The molecule has 1 aromatic carbocycles. The van der Waals surface area contributed by atoms with Crippen LogP contribution in [0.25, 0.3) is 0 Å². The Morgan fingerprint density at radius 1 is 1.27 bits per heavy atom. The first kappa shape index (κ1) is 19.2. The van der Waals surface area contributed by atoms with Gasteiger partial charge in [-0.15, -0.1) is 0 Å². The van der Waals surface area contributed by atoms with E-state index in [1.165, 1.54) is 23.1 Å². The number of likely N-dealkylation sites (N-methyl/N-ethyl adjacent to an activating group) is 1. The Kier molecular flexibility index (Phi) is 6.67. The zero-order valence-electron chi connectivity index (χ0n) is 12.9. The fourth-order valence-corrected chi connectivity index (χ4v) is 3.88. The summed E-state index contributed by atoms with van der Waals surface area (Å²) < 4.78 is 27.4. The van der Waals surface area contributed by atoms with E-state index in [-0.39, 0.29) is 26.8 Å². The minimum Gasteiger partial charge on any atom is -0.347 e. The molecule has 124 valence electrons. The van der Waals surface area contributed by atoms with Crippen molar-refractivity contribution in [3.8, 4) is 0 Å². The van der Waals surface area contributed by atoms with Crippen LogP contribution < -0.4 is 4.72 Å². The molecule has 0 saturated carbocycles. The van der Waals surface area contributed by atoms with Gasteiger partial charge in [-0.05, 0) is 30.5 Å². The molecule has 0 fully saturated rings. The predicted molar refractivity (Wildman–Crippen MR) is 88.7 cm³/mol. The number of nitrogens with zero attached hydrogens (tertiary/aromatic N) is 1. The predicted octanol–water partition coefficient (Wildman–Crippen LogP) is 2.77. The van der Waals surface area contributed by atoms with Crippen molar-refractivity contribution < 1.29 is 13.2 Å². The van der Waals surface area contributed by atoms with E-state index in [9.17, 15) is 13.2 Å². The highest BCUT2D eigenvalue weighted by atomic mass is 35.5.